The van der Waals surface area contributed by atoms with Gasteiger partial charge in [-0.3, -0.25) is 0 Å². The first-order valence-corrected chi connectivity index (χ1v) is 7.01. The quantitative estimate of drug-likeness (QED) is 0.835. The number of benzene rings is 1. The monoisotopic (exact) mass is 263 g/mol. The molecule has 0 fully saturated rings. The Morgan fingerprint density at radius 2 is 2.11 bits per heavy atom. The number of nitrogens with one attached hydrogen (secondary N) is 1. The molecule has 1 heterocycles. The molecular weight excluding hydrogens is 241 g/mol. The summed E-state index contributed by atoms with van der Waals surface area (Å²) >= 11 is 0. The van der Waals surface area contributed by atoms with Crippen molar-refractivity contribution in [3.8, 4) is 0 Å². The molecule has 2 rings (SSSR count). The first kappa shape index (κ1) is 14.1. The van der Waals surface area contributed by atoms with E-state index in [1.807, 2.05) is 45.0 Å². The second kappa shape index (κ2) is 5.74. The summed E-state index contributed by atoms with van der Waals surface area (Å²) in [6, 6.07) is 7.27. The summed E-state index contributed by atoms with van der Waals surface area (Å²) in [4.78, 5) is 0. The molecule has 1 aromatic carbocycles. The third kappa shape index (κ3) is 2.66. The van der Waals surface area contributed by atoms with Crippen LogP contribution in [0.5, 0.6) is 0 Å². The van der Waals surface area contributed by atoms with E-state index in [1.165, 1.54) is 0 Å². The molecule has 0 amide bonds. The molecule has 0 saturated heterocycles. The molecule has 2 unspecified atom stereocenters. The zero-order valence-electron chi connectivity index (χ0n) is 11.9. The van der Waals surface area contributed by atoms with Crippen molar-refractivity contribution < 1.29 is 8.81 Å². The third-order valence-electron chi connectivity index (χ3n) is 3.74. The van der Waals surface area contributed by atoms with Crippen molar-refractivity contribution in [3.63, 3.8) is 0 Å². The first-order valence-electron chi connectivity index (χ1n) is 7.01. The van der Waals surface area contributed by atoms with E-state index in [-0.39, 0.29) is 6.04 Å². The SMILES string of the molecule is CCCC(F)(c1ccc2occc2c1)C(C)NCC. The predicted octanol–water partition coefficient (Wildman–Crippen LogP) is 4.40. The number of halogens is 1. The molecule has 19 heavy (non-hydrogen) atoms. The smallest absolute Gasteiger partial charge is 0.150 e. The van der Waals surface area contributed by atoms with Gasteiger partial charge in [0.15, 0.2) is 5.67 Å². The fourth-order valence-electron chi connectivity index (χ4n) is 2.67. The number of hydrogen-bond donors (Lipinski definition) is 1. The van der Waals surface area contributed by atoms with Crippen molar-refractivity contribution in [2.24, 2.45) is 0 Å². The summed E-state index contributed by atoms with van der Waals surface area (Å²) < 4.78 is 20.8. The number of hydrogen-bond acceptors (Lipinski definition) is 2. The summed E-state index contributed by atoms with van der Waals surface area (Å²) in [5, 5.41) is 4.17. The van der Waals surface area contributed by atoms with Gasteiger partial charge in [0.25, 0.3) is 0 Å². The first-order chi connectivity index (χ1) is 9.11. The molecule has 0 radical (unpaired) electrons. The molecule has 0 aliphatic heterocycles. The Morgan fingerprint density at radius 3 is 2.79 bits per heavy atom. The summed E-state index contributed by atoms with van der Waals surface area (Å²) in [6.07, 6.45) is 2.97. The highest BCUT2D eigenvalue weighted by Gasteiger charge is 2.37. The van der Waals surface area contributed by atoms with Crippen LogP contribution in [0.25, 0.3) is 11.0 Å². The van der Waals surface area contributed by atoms with Crippen molar-refractivity contribution in [2.75, 3.05) is 6.54 Å². The van der Waals surface area contributed by atoms with Gasteiger partial charge in [0.2, 0.25) is 0 Å². The lowest BCUT2D eigenvalue weighted by atomic mass is 9.84. The molecule has 1 aromatic heterocycles. The minimum atomic E-state index is -1.34. The highest BCUT2D eigenvalue weighted by molar-refractivity contribution is 5.78. The summed E-state index contributed by atoms with van der Waals surface area (Å²) in [7, 11) is 0. The zero-order valence-corrected chi connectivity index (χ0v) is 11.9. The fourth-order valence-corrected chi connectivity index (χ4v) is 2.67. The van der Waals surface area contributed by atoms with Crippen molar-refractivity contribution in [1.82, 2.24) is 5.32 Å². The van der Waals surface area contributed by atoms with Crippen LogP contribution in [0, 0.1) is 0 Å². The van der Waals surface area contributed by atoms with Gasteiger partial charge in [0.1, 0.15) is 5.58 Å². The van der Waals surface area contributed by atoms with Gasteiger partial charge in [-0.05, 0) is 43.7 Å². The van der Waals surface area contributed by atoms with E-state index in [1.54, 1.807) is 6.26 Å². The lowest BCUT2D eigenvalue weighted by Gasteiger charge is -2.32. The predicted molar refractivity (Wildman–Crippen MR) is 77.0 cm³/mol. The lowest BCUT2D eigenvalue weighted by Crippen LogP contribution is -2.43. The number of fused-ring (bicyclic) bond motifs is 1. The minimum Gasteiger partial charge on any atom is -0.464 e. The van der Waals surface area contributed by atoms with Crippen molar-refractivity contribution in [1.29, 1.82) is 0 Å². The van der Waals surface area contributed by atoms with Crippen LogP contribution in [0.15, 0.2) is 34.9 Å². The van der Waals surface area contributed by atoms with E-state index in [0.29, 0.717) is 6.42 Å². The minimum absolute atomic E-state index is 0.207. The van der Waals surface area contributed by atoms with Crippen LogP contribution in [0.1, 0.15) is 39.2 Å². The van der Waals surface area contributed by atoms with E-state index in [2.05, 4.69) is 5.32 Å². The summed E-state index contributed by atoms with van der Waals surface area (Å²) in [6.45, 7) is 6.70. The average Bonchev–Trinajstić information content (AvgIpc) is 2.86. The average molecular weight is 263 g/mol. The maximum Gasteiger partial charge on any atom is 0.150 e. The molecule has 2 aromatic rings. The molecule has 104 valence electrons. The molecule has 3 heteroatoms. The van der Waals surface area contributed by atoms with Gasteiger partial charge >= 0.3 is 0 Å². The Kier molecular flexibility index (Phi) is 4.25. The normalized spacial score (nSPS) is 16.4. The van der Waals surface area contributed by atoms with Crippen LogP contribution >= 0.6 is 0 Å². The Bertz CT molecular complexity index is 536. The molecule has 1 N–H and O–H groups in total. The Morgan fingerprint density at radius 1 is 1.32 bits per heavy atom. The van der Waals surface area contributed by atoms with Gasteiger partial charge in [-0.15, -0.1) is 0 Å². The molecule has 0 bridgehead atoms. The summed E-state index contributed by atoms with van der Waals surface area (Å²) in [5.74, 6) is 0. The third-order valence-corrected chi connectivity index (χ3v) is 3.74. The lowest BCUT2D eigenvalue weighted by molar-refractivity contribution is 0.0999. The zero-order chi connectivity index (χ0) is 13.9. The molecule has 0 spiro atoms. The van der Waals surface area contributed by atoms with Gasteiger partial charge in [0.05, 0.1) is 6.26 Å². The Hall–Kier alpha value is -1.35. The standard InChI is InChI=1S/C16H22FNO/c1-4-9-16(17,12(3)18-5-2)14-6-7-15-13(11-14)8-10-19-15/h6-8,10-12,18H,4-5,9H2,1-3H3. The van der Waals surface area contributed by atoms with Crippen LogP contribution in [0.2, 0.25) is 0 Å². The van der Waals surface area contributed by atoms with Gasteiger partial charge < -0.3 is 9.73 Å². The molecule has 0 aliphatic carbocycles. The van der Waals surface area contributed by atoms with E-state index in [9.17, 15) is 0 Å². The highest BCUT2D eigenvalue weighted by atomic mass is 19.1. The van der Waals surface area contributed by atoms with E-state index >= 15 is 4.39 Å². The van der Waals surface area contributed by atoms with E-state index in [4.69, 9.17) is 4.42 Å². The van der Waals surface area contributed by atoms with Crippen LogP contribution in [-0.2, 0) is 5.67 Å². The molecular formula is C16H22FNO. The second-order valence-electron chi connectivity index (χ2n) is 5.07. The molecule has 2 nitrogen and oxygen atoms in total. The van der Waals surface area contributed by atoms with Crippen LogP contribution in [0.3, 0.4) is 0 Å². The number of likely N-dealkylation sites (N-methyl/N-ethyl adjacent to an activating group) is 1. The molecule has 0 saturated carbocycles. The van der Waals surface area contributed by atoms with Gasteiger partial charge in [-0.25, -0.2) is 4.39 Å². The number of furan rings is 1. The largest absolute Gasteiger partial charge is 0.464 e. The highest BCUT2D eigenvalue weighted by Crippen LogP contribution is 2.36. The summed E-state index contributed by atoms with van der Waals surface area (Å²) in [5.41, 5.74) is 0.200. The maximum absolute atomic E-state index is 15.4. The van der Waals surface area contributed by atoms with Crippen molar-refractivity contribution in [3.05, 3.63) is 36.1 Å². The van der Waals surface area contributed by atoms with Crippen molar-refractivity contribution >= 4 is 11.0 Å². The van der Waals surface area contributed by atoms with Crippen LogP contribution in [-0.4, -0.2) is 12.6 Å². The molecule has 2 atom stereocenters. The van der Waals surface area contributed by atoms with E-state index in [0.717, 1.165) is 29.5 Å². The van der Waals surface area contributed by atoms with Crippen LogP contribution in [0.4, 0.5) is 4.39 Å². The Balaban J connectivity index is 2.41. The maximum atomic E-state index is 15.4. The van der Waals surface area contributed by atoms with Gasteiger partial charge in [0, 0.05) is 11.4 Å². The number of alkyl halides is 1. The van der Waals surface area contributed by atoms with E-state index < -0.39 is 5.67 Å². The van der Waals surface area contributed by atoms with Crippen molar-refractivity contribution in [2.45, 2.75) is 45.3 Å². The van der Waals surface area contributed by atoms with Crippen LogP contribution < -0.4 is 5.32 Å². The van der Waals surface area contributed by atoms with Gasteiger partial charge in [-0.1, -0.05) is 26.3 Å². The van der Waals surface area contributed by atoms with Gasteiger partial charge in [-0.2, -0.15) is 0 Å². The fraction of sp³-hybridized carbons (Fsp3) is 0.500. The Labute approximate surface area is 114 Å². The molecule has 0 aliphatic rings. The topological polar surface area (TPSA) is 25.2 Å². The second-order valence-corrected chi connectivity index (χ2v) is 5.07. The number of rotatable bonds is 6.